The summed E-state index contributed by atoms with van der Waals surface area (Å²) in [6.07, 6.45) is 9.09. The number of hydrogen-bond acceptors (Lipinski definition) is 3. The molecule has 0 aromatic heterocycles. The first-order valence-electron chi connectivity index (χ1n) is 8.11. The van der Waals surface area contributed by atoms with Crippen LogP contribution in [0.2, 0.25) is 0 Å². The monoisotopic (exact) mass is 353 g/mol. The summed E-state index contributed by atoms with van der Waals surface area (Å²) in [5.74, 6) is 0.152. The van der Waals surface area contributed by atoms with Crippen molar-refractivity contribution in [3.05, 3.63) is 0 Å². The molecule has 0 spiro atoms. The first-order chi connectivity index (χ1) is 9.37. The maximum atomic E-state index is 12.5. The summed E-state index contributed by atoms with van der Waals surface area (Å²) in [6.45, 7) is 2.80. The van der Waals surface area contributed by atoms with Gasteiger partial charge in [0.25, 0.3) is 0 Å². The van der Waals surface area contributed by atoms with E-state index in [1.807, 2.05) is 6.92 Å². The molecule has 2 aliphatic rings. The second-order valence-electron chi connectivity index (χ2n) is 7.35. The second-order valence-corrected chi connectivity index (χ2v) is 7.35. The molecule has 2 saturated carbocycles. The van der Waals surface area contributed by atoms with Crippen LogP contribution in [0.3, 0.4) is 0 Å². The zero-order chi connectivity index (χ0) is 14.8. The number of carbonyl (C=O) groups is 1. The van der Waals surface area contributed by atoms with Gasteiger partial charge in [0.05, 0.1) is 5.92 Å². The lowest BCUT2D eigenvalue weighted by molar-refractivity contribution is -0.128. The number of nitrogens with zero attached hydrogens (tertiary/aromatic N) is 1. The Kier molecular flexibility index (Phi) is 8.71. The van der Waals surface area contributed by atoms with Crippen molar-refractivity contribution in [3.8, 4) is 0 Å². The van der Waals surface area contributed by atoms with Crippen LogP contribution in [0.15, 0.2) is 0 Å². The molecule has 4 nitrogen and oxygen atoms in total. The van der Waals surface area contributed by atoms with Crippen molar-refractivity contribution >= 4 is 30.7 Å². The Morgan fingerprint density at radius 1 is 1.14 bits per heavy atom. The van der Waals surface area contributed by atoms with Gasteiger partial charge in [0.2, 0.25) is 5.91 Å². The molecule has 2 atom stereocenters. The fraction of sp³-hybridized carbons (Fsp3) is 0.938. The van der Waals surface area contributed by atoms with Gasteiger partial charge in [-0.15, -0.1) is 24.8 Å². The van der Waals surface area contributed by atoms with Crippen molar-refractivity contribution in [2.75, 3.05) is 20.6 Å². The van der Waals surface area contributed by atoms with Crippen LogP contribution in [0.1, 0.15) is 58.3 Å². The van der Waals surface area contributed by atoms with Crippen LogP contribution in [0.4, 0.5) is 0 Å². The normalized spacial score (nSPS) is 30.3. The highest BCUT2D eigenvalue weighted by atomic mass is 35.5. The molecular formula is C16H33Cl2N3O. The molecule has 2 fully saturated rings. The van der Waals surface area contributed by atoms with E-state index in [0.29, 0.717) is 0 Å². The minimum atomic E-state index is -0.330. The van der Waals surface area contributed by atoms with Gasteiger partial charge >= 0.3 is 0 Å². The molecule has 3 N–H and O–H groups in total. The molecule has 22 heavy (non-hydrogen) atoms. The summed E-state index contributed by atoms with van der Waals surface area (Å²) >= 11 is 0. The Balaban J connectivity index is 0.00000220. The Hall–Kier alpha value is -0.0300. The smallest absolute Gasteiger partial charge is 0.225 e. The lowest BCUT2D eigenvalue weighted by Gasteiger charge is -2.40. The summed E-state index contributed by atoms with van der Waals surface area (Å²) in [6, 6.07) is 0. The third-order valence-electron chi connectivity index (χ3n) is 5.65. The number of carbonyl (C=O) groups excluding carboxylic acids is 1. The van der Waals surface area contributed by atoms with Crippen LogP contribution in [0, 0.1) is 5.92 Å². The van der Waals surface area contributed by atoms with Gasteiger partial charge in [-0.1, -0.05) is 25.7 Å². The Morgan fingerprint density at radius 2 is 1.68 bits per heavy atom. The van der Waals surface area contributed by atoms with Crippen molar-refractivity contribution in [1.82, 2.24) is 10.2 Å². The zero-order valence-electron chi connectivity index (χ0n) is 14.2. The molecule has 2 unspecified atom stereocenters. The molecular weight excluding hydrogens is 321 g/mol. The predicted molar refractivity (Wildman–Crippen MR) is 96.9 cm³/mol. The van der Waals surface area contributed by atoms with E-state index < -0.39 is 0 Å². The van der Waals surface area contributed by atoms with Gasteiger partial charge in [-0.2, -0.15) is 0 Å². The highest BCUT2D eigenvalue weighted by Crippen LogP contribution is 2.34. The number of amides is 1. The maximum Gasteiger partial charge on any atom is 0.225 e. The highest BCUT2D eigenvalue weighted by molar-refractivity contribution is 5.85. The van der Waals surface area contributed by atoms with Crippen LogP contribution in [-0.4, -0.2) is 42.5 Å². The van der Waals surface area contributed by atoms with Crippen molar-refractivity contribution in [3.63, 3.8) is 0 Å². The summed E-state index contributed by atoms with van der Waals surface area (Å²) in [5, 5.41) is 3.21. The van der Waals surface area contributed by atoms with Gasteiger partial charge in [-0.25, -0.2) is 0 Å². The first-order valence-corrected chi connectivity index (χ1v) is 8.11. The zero-order valence-corrected chi connectivity index (χ0v) is 15.8. The van der Waals surface area contributed by atoms with Gasteiger partial charge in [0.1, 0.15) is 0 Å². The molecule has 1 amide bonds. The molecule has 0 aromatic carbocycles. The number of rotatable bonds is 4. The van der Waals surface area contributed by atoms with E-state index in [-0.39, 0.29) is 47.7 Å². The van der Waals surface area contributed by atoms with E-state index >= 15 is 0 Å². The first kappa shape index (κ1) is 22.0. The van der Waals surface area contributed by atoms with Crippen molar-refractivity contribution in [2.45, 2.75) is 69.4 Å². The van der Waals surface area contributed by atoms with E-state index in [2.05, 4.69) is 24.3 Å². The quantitative estimate of drug-likeness (QED) is 0.816. The van der Waals surface area contributed by atoms with Gasteiger partial charge in [0.15, 0.2) is 0 Å². The largest absolute Gasteiger partial charge is 0.354 e. The summed E-state index contributed by atoms with van der Waals surface area (Å²) in [4.78, 5) is 14.8. The Morgan fingerprint density at radius 3 is 2.18 bits per heavy atom. The molecule has 2 rings (SSSR count). The third-order valence-corrected chi connectivity index (χ3v) is 5.65. The highest BCUT2D eigenvalue weighted by Gasteiger charge is 2.40. The van der Waals surface area contributed by atoms with Gasteiger partial charge < -0.3 is 16.0 Å². The standard InChI is InChI=1S/C16H31N3O.2ClH/c1-15(17)9-5-4-8-13(15)14(20)18-12-16(19(2)3)10-6-7-11-16;;/h13H,4-12,17H2,1-3H3,(H,18,20);2*1H. The van der Waals surface area contributed by atoms with Crippen LogP contribution in [0.25, 0.3) is 0 Å². The lowest BCUT2D eigenvalue weighted by Crippen LogP contribution is -2.56. The number of nitrogens with two attached hydrogens (primary N) is 1. The van der Waals surface area contributed by atoms with E-state index in [9.17, 15) is 4.79 Å². The van der Waals surface area contributed by atoms with Gasteiger partial charge in [-0.3, -0.25) is 4.79 Å². The molecule has 0 radical (unpaired) electrons. The fourth-order valence-corrected chi connectivity index (χ4v) is 3.98. The molecule has 0 aromatic rings. The Bertz CT molecular complexity index is 355. The minimum Gasteiger partial charge on any atom is -0.354 e. The third kappa shape index (κ3) is 4.73. The molecule has 0 bridgehead atoms. The number of halogens is 2. The van der Waals surface area contributed by atoms with Crippen LogP contribution in [-0.2, 0) is 4.79 Å². The van der Waals surface area contributed by atoms with E-state index in [1.54, 1.807) is 0 Å². The van der Waals surface area contributed by atoms with Crippen molar-refractivity contribution in [2.24, 2.45) is 11.7 Å². The van der Waals surface area contributed by atoms with Crippen LogP contribution in [0.5, 0.6) is 0 Å². The van der Waals surface area contributed by atoms with E-state index in [1.165, 1.54) is 25.7 Å². The van der Waals surface area contributed by atoms with Gasteiger partial charge in [0, 0.05) is 17.6 Å². The van der Waals surface area contributed by atoms with Gasteiger partial charge in [-0.05, 0) is 46.7 Å². The summed E-state index contributed by atoms with van der Waals surface area (Å²) in [7, 11) is 4.26. The molecule has 0 aliphatic heterocycles. The predicted octanol–water partition coefficient (Wildman–Crippen LogP) is 2.73. The number of likely N-dealkylation sites (N-methyl/N-ethyl adjacent to an activating group) is 1. The topological polar surface area (TPSA) is 58.4 Å². The van der Waals surface area contributed by atoms with Crippen molar-refractivity contribution < 1.29 is 4.79 Å². The number of hydrogen-bond donors (Lipinski definition) is 2. The molecule has 0 heterocycles. The lowest BCUT2D eigenvalue weighted by atomic mass is 9.74. The summed E-state index contributed by atoms with van der Waals surface area (Å²) < 4.78 is 0. The number of nitrogens with one attached hydrogen (secondary N) is 1. The summed E-state index contributed by atoms with van der Waals surface area (Å²) in [5.41, 5.74) is 6.16. The minimum absolute atomic E-state index is 0. The molecule has 2 aliphatic carbocycles. The second kappa shape index (κ2) is 8.72. The van der Waals surface area contributed by atoms with E-state index in [4.69, 9.17) is 5.73 Å². The fourth-order valence-electron chi connectivity index (χ4n) is 3.98. The van der Waals surface area contributed by atoms with Crippen LogP contribution < -0.4 is 11.1 Å². The molecule has 6 heteroatoms. The maximum absolute atomic E-state index is 12.5. The average molecular weight is 354 g/mol. The SMILES string of the molecule is CN(C)C1(CNC(=O)C2CCCCC2(C)N)CCCC1.Cl.Cl. The molecule has 132 valence electrons. The Labute approximate surface area is 147 Å². The van der Waals surface area contributed by atoms with Crippen molar-refractivity contribution in [1.29, 1.82) is 0 Å². The average Bonchev–Trinajstić information content (AvgIpc) is 2.85. The van der Waals surface area contributed by atoms with E-state index in [0.717, 1.165) is 32.2 Å². The molecule has 0 saturated heterocycles. The van der Waals surface area contributed by atoms with Crippen LogP contribution >= 0.6 is 24.8 Å².